The van der Waals surface area contributed by atoms with Crippen LogP contribution in [0.15, 0.2) is 18.2 Å². The largest absolute Gasteiger partial charge is 0.478 e. The molecular weight excluding hydrogens is 315 g/mol. The molecule has 0 aliphatic rings. The van der Waals surface area contributed by atoms with E-state index in [9.17, 15) is 9.90 Å². The second kappa shape index (κ2) is 9.13. The Morgan fingerprint density at radius 1 is 1.33 bits per heavy atom. The van der Waals surface area contributed by atoms with E-state index in [0.29, 0.717) is 18.1 Å². The van der Waals surface area contributed by atoms with Gasteiger partial charge in [-0.3, -0.25) is 0 Å². The van der Waals surface area contributed by atoms with Crippen molar-refractivity contribution in [2.45, 2.75) is 45.3 Å². The van der Waals surface area contributed by atoms with Gasteiger partial charge in [-0.05, 0) is 31.0 Å². The van der Waals surface area contributed by atoms with Crippen molar-refractivity contribution in [2.24, 2.45) is 0 Å². The molecular formula is C15H20Cl2O4. The monoisotopic (exact) mass is 334 g/mol. The lowest BCUT2D eigenvalue weighted by molar-refractivity contribution is -0.153. The quantitative estimate of drug-likeness (QED) is 0.679. The predicted molar refractivity (Wildman–Crippen MR) is 83.5 cm³/mol. The van der Waals surface area contributed by atoms with Crippen LogP contribution in [0.5, 0.6) is 5.75 Å². The fraction of sp³-hybridized carbons (Fsp3) is 0.533. The highest BCUT2D eigenvalue weighted by atomic mass is 35.5. The van der Waals surface area contributed by atoms with Gasteiger partial charge in [-0.2, -0.15) is 0 Å². The molecule has 118 valence electrons. The zero-order valence-electron chi connectivity index (χ0n) is 12.1. The Morgan fingerprint density at radius 3 is 2.57 bits per heavy atom. The molecule has 6 heteroatoms. The van der Waals surface area contributed by atoms with E-state index in [2.05, 4.69) is 0 Å². The number of hydrogen-bond donors (Lipinski definition) is 1. The molecule has 0 fully saturated rings. The SMILES string of the molecule is CCCCOC(CC)C(Oc1ccc(Cl)cc1Cl)C(=O)O. The molecule has 0 aliphatic heterocycles. The third kappa shape index (κ3) is 5.73. The van der Waals surface area contributed by atoms with Crippen molar-refractivity contribution in [3.05, 3.63) is 28.2 Å². The first kappa shape index (κ1) is 18.1. The van der Waals surface area contributed by atoms with Crippen LogP contribution in [0, 0.1) is 0 Å². The lowest BCUT2D eigenvalue weighted by atomic mass is 10.1. The summed E-state index contributed by atoms with van der Waals surface area (Å²) in [5.41, 5.74) is 0. The first-order valence-corrected chi connectivity index (χ1v) is 7.71. The van der Waals surface area contributed by atoms with Gasteiger partial charge >= 0.3 is 5.97 Å². The van der Waals surface area contributed by atoms with Gasteiger partial charge in [0.15, 0.2) is 0 Å². The van der Waals surface area contributed by atoms with Gasteiger partial charge < -0.3 is 14.6 Å². The zero-order chi connectivity index (χ0) is 15.8. The topological polar surface area (TPSA) is 55.8 Å². The lowest BCUT2D eigenvalue weighted by Crippen LogP contribution is -2.40. The summed E-state index contributed by atoms with van der Waals surface area (Å²) in [5.74, 6) is -0.796. The molecule has 1 N–H and O–H groups in total. The van der Waals surface area contributed by atoms with Gasteiger partial charge in [-0.1, -0.05) is 43.5 Å². The second-order valence-corrected chi connectivity index (χ2v) is 5.47. The van der Waals surface area contributed by atoms with Crippen molar-refractivity contribution in [2.75, 3.05) is 6.61 Å². The number of rotatable bonds is 9. The molecule has 2 atom stereocenters. The van der Waals surface area contributed by atoms with Gasteiger partial charge in [-0.25, -0.2) is 4.79 Å². The van der Waals surface area contributed by atoms with Crippen LogP contribution in [-0.4, -0.2) is 29.9 Å². The van der Waals surface area contributed by atoms with E-state index in [1.807, 2.05) is 13.8 Å². The van der Waals surface area contributed by atoms with Crippen molar-refractivity contribution < 1.29 is 19.4 Å². The number of ether oxygens (including phenoxy) is 2. The average Bonchev–Trinajstić information content (AvgIpc) is 2.43. The van der Waals surface area contributed by atoms with Crippen LogP contribution in [0.25, 0.3) is 0 Å². The van der Waals surface area contributed by atoms with Crippen LogP contribution in [0.4, 0.5) is 0 Å². The highest BCUT2D eigenvalue weighted by molar-refractivity contribution is 6.35. The van der Waals surface area contributed by atoms with Crippen molar-refractivity contribution in [1.29, 1.82) is 0 Å². The number of aliphatic carboxylic acids is 1. The maximum atomic E-state index is 11.4. The molecule has 0 bridgehead atoms. The summed E-state index contributed by atoms with van der Waals surface area (Å²) in [7, 11) is 0. The summed E-state index contributed by atoms with van der Waals surface area (Å²) in [4.78, 5) is 11.4. The summed E-state index contributed by atoms with van der Waals surface area (Å²) in [5, 5.41) is 10.1. The normalized spacial score (nSPS) is 13.7. The number of unbranched alkanes of at least 4 members (excludes halogenated alkanes) is 1. The molecule has 2 unspecified atom stereocenters. The molecule has 21 heavy (non-hydrogen) atoms. The summed E-state index contributed by atoms with van der Waals surface area (Å²) in [6.45, 7) is 4.42. The first-order valence-electron chi connectivity index (χ1n) is 6.95. The van der Waals surface area contributed by atoms with Crippen LogP contribution in [0.2, 0.25) is 10.0 Å². The molecule has 0 aromatic heterocycles. The second-order valence-electron chi connectivity index (χ2n) is 4.62. The van der Waals surface area contributed by atoms with Crippen LogP contribution in [0.1, 0.15) is 33.1 Å². The molecule has 1 rings (SSSR count). The fourth-order valence-corrected chi connectivity index (χ4v) is 2.24. The molecule has 0 heterocycles. The molecule has 0 saturated carbocycles. The lowest BCUT2D eigenvalue weighted by Gasteiger charge is -2.24. The first-order chi connectivity index (χ1) is 9.99. The van der Waals surface area contributed by atoms with E-state index < -0.39 is 18.2 Å². The van der Waals surface area contributed by atoms with E-state index in [1.54, 1.807) is 12.1 Å². The number of carbonyl (C=O) groups is 1. The summed E-state index contributed by atoms with van der Waals surface area (Å²) in [6, 6.07) is 4.66. The highest BCUT2D eigenvalue weighted by Gasteiger charge is 2.30. The maximum Gasteiger partial charge on any atom is 0.347 e. The number of halogens is 2. The number of benzene rings is 1. The Morgan fingerprint density at radius 2 is 2.05 bits per heavy atom. The van der Waals surface area contributed by atoms with Gasteiger partial charge in [-0.15, -0.1) is 0 Å². The van der Waals surface area contributed by atoms with E-state index in [4.69, 9.17) is 32.7 Å². The van der Waals surface area contributed by atoms with E-state index in [0.717, 1.165) is 12.8 Å². The molecule has 0 spiro atoms. The molecule has 0 aliphatic carbocycles. The highest BCUT2D eigenvalue weighted by Crippen LogP contribution is 2.29. The van der Waals surface area contributed by atoms with Gasteiger partial charge in [0.1, 0.15) is 11.9 Å². The van der Waals surface area contributed by atoms with Crippen LogP contribution >= 0.6 is 23.2 Å². The standard InChI is InChI=1S/C15H20Cl2O4/c1-3-5-8-20-12(4-2)14(15(18)19)21-13-7-6-10(16)9-11(13)17/h6-7,9,12,14H,3-5,8H2,1-2H3,(H,18,19). The Balaban J connectivity index is 2.82. The van der Waals surface area contributed by atoms with Crippen molar-refractivity contribution >= 4 is 29.2 Å². The predicted octanol–water partition coefficient (Wildman–Crippen LogP) is 4.42. The molecule has 4 nitrogen and oxygen atoms in total. The number of carboxylic acid groups (broad SMARTS) is 1. The van der Waals surface area contributed by atoms with Crippen LogP contribution in [-0.2, 0) is 9.53 Å². The van der Waals surface area contributed by atoms with Gasteiger partial charge in [0.05, 0.1) is 5.02 Å². The average molecular weight is 335 g/mol. The summed E-state index contributed by atoms with van der Waals surface area (Å²) in [6.07, 6.45) is 0.764. The van der Waals surface area contributed by atoms with E-state index in [-0.39, 0.29) is 10.8 Å². The fourth-order valence-electron chi connectivity index (χ4n) is 1.79. The minimum absolute atomic E-state index is 0.275. The minimum Gasteiger partial charge on any atom is -0.478 e. The molecule has 0 amide bonds. The minimum atomic E-state index is -1.11. The Hall–Kier alpha value is -0.970. The van der Waals surface area contributed by atoms with E-state index >= 15 is 0 Å². The van der Waals surface area contributed by atoms with Crippen LogP contribution < -0.4 is 4.74 Å². The van der Waals surface area contributed by atoms with Crippen molar-refractivity contribution in [1.82, 2.24) is 0 Å². The molecule has 0 saturated heterocycles. The molecule has 1 aromatic rings. The number of carboxylic acids is 1. The third-order valence-electron chi connectivity index (χ3n) is 2.96. The summed E-state index contributed by atoms with van der Waals surface area (Å²) >= 11 is 11.8. The Labute approximate surface area is 135 Å². The maximum absolute atomic E-state index is 11.4. The Kier molecular flexibility index (Phi) is 7.86. The van der Waals surface area contributed by atoms with Gasteiger partial charge in [0, 0.05) is 11.6 Å². The van der Waals surface area contributed by atoms with Gasteiger partial charge in [0.25, 0.3) is 0 Å². The van der Waals surface area contributed by atoms with Crippen LogP contribution in [0.3, 0.4) is 0 Å². The Bertz CT molecular complexity index is 465. The summed E-state index contributed by atoms with van der Waals surface area (Å²) < 4.78 is 11.1. The molecule has 1 aromatic carbocycles. The van der Waals surface area contributed by atoms with Crippen molar-refractivity contribution in [3.63, 3.8) is 0 Å². The number of hydrogen-bond acceptors (Lipinski definition) is 3. The van der Waals surface area contributed by atoms with Gasteiger partial charge in [0.2, 0.25) is 6.10 Å². The van der Waals surface area contributed by atoms with Crippen molar-refractivity contribution in [3.8, 4) is 5.75 Å². The smallest absolute Gasteiger partial charge is 0.347 e. The third-order valence-corrected chi connectivity index (χ3v) is 3.49. The zero-order valence-corrected chi connectivity index (χ0v) is 13.7. The molecule has 0 radical (unpaired) electrons. The van der Waals surface area contributed by atoms with E-state index in [1.165, 1.54) is 6.07 Å².